The Morgan fingerprint density at radius 2 is 2.16 bits per heavy atom. The summed E-state index contributed by atoms with van der Waals surface area (Å²) in [5, 5.41) is 18.1. The molecule has 2 aromatic rings. The second-order valence-electron chi connectivity index (χ2n) is 6.26. The Morgan fingerprint density at radius 1 is 1.36 bits per heavy atom. The maximum absolute atomic E-state index is 12.6. The van der Waals surface area contributed by atoms with Crippen molar-refractivity contribution in [3.05, 3.63) is 46.0 Å². The number of likely N-dealkylation sites (tertiary alicyclic amines) is 1. The molecular formula is C16H20N6O3. The number of hydrogen-bond acceptors (Lipinski definition) is 5. The Bertz CT molecular complexity index is 789. The third kappa shape index (κ3) is 3.59. The van der Waals surface area contributed by atoms with Crippen LogP contribution in [0.15, 0.2) is 24.8 Å². The maximum Gasteiger partial charge on any atom is 0.321 e. The molecule has 0 saturated carbocycles. The van der Waals surface area contributed by atoms with Crippen molar-refractivity contribution in [2.75, 3.05) is 18.4 Å². The van der Waals surface area contributed by atoms with E-state index in [1.807, 2.05) is 6.92 Å². The molecule has 0 unspecified atom stereocenters. The molecule has 0 bridgehead atoms. The number of carbonyl (C=O) groups is 1. The van der Waals surface area contributed by atoms with Gasteiger partial charge in [-0.3, -0.25) is 10.1 Å². The van der Waals surface area contributed by atoms with E-state index in [2.05, 4.69) is 15.4 Å². The molecule has 1 fully saturated rings. The molecule has 0 spiro atoms. The number of benzene rings is 1. The third-order valence-corrected chi connectivity index (χ3v) is 4.48. The molecule has 132 valence electrons. The van der Waals surface area contributed by atoms with Crippen LogP contribution in [0.4, 0.5) is 16.2 Å². The summed E-state index contributed by atoms with van der Waals surface area (Å²) in [6.07, 6.45) is 4.93. The van der Waals surface area contributed by atoms with Crippen molar-refractivity contribution in [2.45, 2.75) is 32.7 Å². The Hall–Kier alpha value is -2.97. The average molecular weight is 344 g/mol. The number of nitrogens with one attached hydrogen (secondary N) is 1. The number of piperidine rings is 1. The van der Waals surface area contributed by atoms with E-state index in [9.17, 15) is 14.9 Å². The van der Waals surface area contributed by atoms with Crippen molar-refractivity contribution < 1.29 is 9.72 Å². The summed E-state index contributed by atoms with van der Waals surface area (Å²) in [5.41, 5.74) is 1.83. The largest absolute Gasteiger partial charge is 0.322 e. The lowest BCUT2D eigenvalue weighted by atomic mass is 10.1. The van der Waals surface area contributed by atoms with E-state index >= 15 is 0 Å². The minimum atomic E-state index is -0.438. The van der Waals surface area contributed by atoms with Crippen molar-refractivity contribution in [2.24, 2.45) is 0 Å². The van der Waals surface area contributed by atoms with Gasteiger partial charge in [0.1, 0.15) is 12.7 Å². The van der Waals surface area contributed by atoms with Gasteiger partial charge in [0, 0.05) is 24.7 Å². The standard InChI is InChI=1S/C16H20N6O3/c1-11-6-12(2)15(22(24)25)7-14(11)19-16(23)20-5-3-4-13(8-20)21-10-17-9-18-21/h6-7,9-10,13H,3-5,8H2,1-2H3,(H,19,23)/t13-/m1/s1. The molecule has 1 saturated heterocycles. The van der Waals surface area contributed by atoms with Gasteiger partial charge in [-0.15, -0.1) is 0 Å². The number of carbonyl (C=O) groups excluding carboxylic acids is 1. The molecule has 1 atom stereocenters. The molecule has 9 heteroatoms. The van der Waals surface area contributed by atoms with Gasteiger partial charge in [0.05, 0.1) is 16.7 Å². The van der Waals surface area contributed by atoms with Crippen LogP contribution in [0.25, 0.3) is 0 Å². The average Bonchev–Trinajstić information content (AvgIpc) is 3.11. The zero-order chi connectivity index (χ0) is 18.0. The van der Waals surface area contributed by atoms with Crippen LogP contribution in [0.5, 0.6) is 0 Å². The Kier molecular flexibility index (Phi) is 4.64. The molecule has 0 radical (unpaired) electrons. The number of nitrogens with zero attached hydrogens (tertiary/aromatic N) is 5. The maximum atomic E-state index is 12.6. The fourth-order valence-corrected chi connectivity index (χ4v) is 3.13. The third-order valence-electron chi connectivity index (χ3n) is 4.48. The first-order chi connectivity index (χ1) is 12.0. The minimum absolute atomic E-state index is 0.0000335. The van der Waals surface area contributed by atoms with Gasteiger partial charge in [-0.25, -0.2) is 14.5 Å². The van der Waals surface area contributed by atoms with Crippen molar-refractivity contribution in [3.8, 4) is 0 Å². The van der Waals surface area contributed by atoms with Gasteiger partial charge in [-0.2, -0.15) is 5.10 Å². The van der Waals surface area contributed by atoms with Crippen LogP contribution in [0.3, 0.4) is 0 Å². The number of rotatable bonds is 3. The van der Waals surface area contributed by atoms with Crippen LogP contribution in [0.2, 0.25) is 0 Å². The van der Waals surface area contributed by atoms with Crippen LogP contribution in [0.1, 0.15) is 30.0 Å². The molecule has 1 aromatic heterocycles. The summed E-state index contributed by atoms with van der Waals surface area (Å²) in [4.78, 5) is 28.9. The second-order valence-corrected chi connectivity index (χ2v) is 6.26. The topological polar surface area (TPSA) is 106 Å². The van der Waals surface area contributed by atoms with E-state index in [1.54, 1.807) is 28.9 Å². The van der Waals surface area contributed by atoms with Gasteiger partial charge in [0.25, 0.3) is 5.69 Å². The van der Waals surface area contributed by atoms with E-state index < -0.39 is 4.92 Å². The van der Waals surface area contributed by atoms with Gasteiger partial charge < -0.3 is 10.2 Å². The highest BCUT2D eigenvalue weighted by molar-refractivity contribution is 5.90. The lowest BCUT2D eigenvalue weighted by Gasteiger charge is -2.32. The van der Waals surface area contributed by atoms with E-state index in [-0.39, 0.29) is 17.8 Å². The summed E-state index contributed by atoms with van der Waals surface area (Å²) in [5.74, 6) is 0. The lowest BCUT2D eigenvalue weighted by molar-refractivity contribution is -0.385. The molecule has 1 N–H and O–H groups in total. The Labute approximate surface area is 144 Å². The SMILES string of the molecule is Cc1cc(C)c([N+](=O)[O-])cc1NC(=O)N1CCC[C@@H](n2cncn2)C1. The fraction of sp³-hybridized carbons (Fsp3) is 0.438. The predicted molar refractivity (Wildman–Crippen MR) is 91.5 cm³/mol. The van der Waals surface area contributed by atoms with Crippen molar-refractivity contribution in [1.82, 2.24) is 19.7 Å². The Balaban J connectivity index is 1.74. The zero-order valence-corrected chi connectivity index (χ0v) is 14.2. The molecule has 1 aliphatic rings. The molecule has 2 heterocycles. The predicted octanol–water partition coefficient (Wildman–Crippen LogP) is 2.67. The van der Waals surface area contributed by atoms with Crippen molar-refractivity contribution >= 4 is 17.4 Å². The van der Waals surface area contributed by atoms with Gasteiger partial charge in [0.15, 0.2) is 0 Å². The normalized spacial score (nSPS) is 17.4. The van der Waals surface area contributed by atoms with E-state index in [0.717, 1.165) is 18.4 Å². The summed E-state index contributed by atoms with van der Waals surface area (Å²) in [6, 6.07) is 2.96. The molecule has 9 nitrogen and oxygen atoms in total. The molecule has 0 aliphatic carbocycles. The second kappa shape index (κ2) is 6.88. The van der Waals surface area contributed by atoms with Crippen LogP contribution in [-0.2, 0) is 0 Å². The van der Waals surface area contributed by atoms with Crippen LogP contribution in [-0.4, -0.2) is 43.7 Å². The van der Waals surface area contributed by atoms with Crippen LogP contribution >= 0.6 is 0 Å². The highest BCUT2D eigenvalue weighted by Crippen LogP contribution is 2.27. The Morgan fingerprint density at radius 3 is 2.84 bits per heavy atom. The van der Waals surface area contributed by atoms with E-state index in [1.165, 1.54) is 12.4 Å². The first-order valence-electron chi connectivity index (χ1n) is 8.11. The smallest absolute Gasteiger partial charge is 0.321 e. The summed E-state index contributed by atoms with van der Waals surface area (Å²) < 4.78 is 1.77. The first-order valence-corrected chi connectivity index (χ1v) is 8.11. The highest BCUT2D eigenvalue weighted by atomic mass is 16.6. The number of aromatic nitrogens is 3. The highest BCUT2D eigenvalue weighted by Gasteiger charge is 2.26. The molecule has 3 rings (SSSR count). The van der Waals surface area contributed by atoms with Gasteiger partial charge in [0.2, 0.25) is 0 Å². The monoisotopic (exact) mass is 344 g/mol. The number of nitro benzene ring substituents is 1. The molecule has 2 amide bonds. The van der Waals surface area contributed by atoms with E-state index in [0.29, 0.717) is 24.3 Å². The molecule has 25 heavy (non-hydrogen) atoms. The number of nitro groups is 1. The summed E-state index contributed by atoms with van der Waals surface area (Å²) in [7, 11) is 0. The van der Waals surface area contributed by atoms with Gasteiger partial charge >= 0.3 is 6.03 Å². The first kappa shape index (κ1) is 16.9. The number of anilines is 1. The molecule has 1 aliphatic heterocycles. The minimum Gasteiger partial charge on any atom is -0.322 e. The van der Waals surface area contributed by atoms with Crippen molar-refractivity contribution in [3.63, 3.8) is 0 Å². The van der Waals surface area contributed by atoms with E-state index in [4.69, 9.17) is 0 Å². The quantitative estimate of drug-likeness (QED) is 0.680. The van der Waals surface area contributed by atoms with Gasteiger partial charge in [-0.1, -0.05) is 0 Å². The zero-order valence-electron chi connectivity index (χ0n) is 14.2. The lowest BCUT2D eigenvalue weighted by Crippen LogP contribution is -2.43. The van der Waals surface area contributed by atoms with Crippen molar-refractivity contribution in [1.29, 1.82) is 0 Å². The van der Waals surface area contributed by atoms with Crippen LogP contribution < -0.4 is 5.32 Å². The summed E-state index contributed by atoms with van der Waals surface area (Å²) in [6.45, 7) is 4.68. The number of hydrogen-bond donors (Lipinski definition) is 1. The number of amides is 2. The summed E-state index contributed by atoms with van der Waals surface area (Å²) >= 11 is 0. The number of aryl methyl sites for hydroxylation is 2. The van der Waals surface area contributed by atoms with Crippen LogP contribution in [0, 0.1) is 24.0 Å². The fourth-order valence-electron chi connectivity index (χ4n) is 3.13. The number of urea groups is 1. The molecular weight excluding hydrogens is 324 g/mol. The molecule has 1 aromatic carbocycles. The van der Waals surface area contributed by atoms with Gasteiger partial charge in [-0.05, 0) is 38.3 Å².